The molecular formula is C15H27NO4. The van der Waals surface area contributed by atoms with Crippen molar-refractivity contribution in [1.82, 2.24) is 5.32 Å². The van der Waals surface area contributed by atoms with E-state index in [1.54, 1.807) is 20.8 Å². The number of rotatable bonds is 5. The van der Waals surface area contributed by atoms with Gasteiger partial charge in [0.15, 0.2) is 0 Å². The van der Waals surface area contributed by atoms with Gasteiger partial charge in [0, 0.05) is 6.54 Å². The maximum atomic E-state index is 11.5. The van der Waals surface area contributed by atoms with Gasteiger partial charge in [-0.15, -0.1) is 0 Å². The number of nitrogens with one attached hydrogen (secondary N) is 1. The molecule has 2 N–H and O–H groups in total. The van der Waals surface area contributed by atoms with Gasteiger partial charge in [0.2, 0.25) is 0 Å². The van der Waals surface area contributed by atoms with Crippen LogP contribution in [0.1, 0.15) is 59.3 Å². The van der Waals surface area contributed by atoms with E-state index < -0.39 is 17.7 Å². The molecule has 1 amide bonds. The number of hydrogen-bond acceptors (Lipinski definition) is 3. The van der Waals surface area contributed by atoms with E-state index in [0.717, 1.165) is 25.7 Å². The minimum Gasteiger partial charge on any atom is -0.481 e. The van der Waals surface area contributed by atoms with Crippen molar-refractivity contribution in [3.05, 3.63) is 0 Å². The molecule has 116 valence electrons. The van der Waals surface area contributed by atoms with Crippen molar-refractivity contribution in [3.8, 4) is 0 Å². The lowest BCUT2D eigenvalue weighted by atomic mass is 9.78. The third-order valence-corrected chi connectivity index (χ3v) is 3.66. The molecule has 5 nitrogen and oxygen atoms in total. The summed E-state index contributed by atoms with van der Waals surface area (Å²) in [5.41, 5.74) is -0.528. The standard InChI is InChI=1S/C15H27NO4/c1-15(2,3)20-14(19)16-10-9-12(13(17)18)11-7-5-4-6-8-11/h11-12H,4-10H2,1-3H3,(H,16,19)(H,17,18). The Morgan fingerprint density at radius 2 is 1.85 bits per heavy atom. The molecule has 1 saturated carbocycles. The Balaban J connectivity index is 2.36. The average Bonchev–Trinajstić information content (AvgIpc) is 2.33. The van der Waals surface area contributed by atoms with Crippen molar-refractivity contribution in [1.29, 1.82) is 0 Å². The zero-order chi connectivity index (χ0) is 15.2. The lowest BCUT2D eigenvalue weighted by Crippen LogP contribution is -2.35. The Labute approximate surface area is 121 Å². The molecule has 20 heavy (non-hydrogen) atoms. The molecule has 0 aromatic heterocycles. The second kappa shape index (κ2) is 7.50. The van der Waals surface area contributed by atoms with Gasteiger partial charge < -0.3 is 15.2 Å². The minimum atomic E-state index is -0.747. The first-order valence-electron chi connectivity index (χ1n) is 7.49. The van der Waals surface area contributed by atoms with Gasteiger partial charge in [0.25, 0.3) is 0 Å². The van der Waals surface area contributed by atoms with Crippen LogP contribution in [0.15, 0.2) is 0 Å². The predicted octanol–water partition coefficient (Wildman–Crippen LogP) is 3.18. The summed E-state index contributed by atoms with van der Waals surface area (Å²) < 4.78 is 5.13. The van der Waals surface area contributed by atoms with Crippen molar-refractivity contribution >= 4 is 12.1 Å². The molecule has 1 unspecified atom stereocenters. The molecule has 0 radical (unpaired) electrons. The fourth-order valence-corrected chi connectivity index (χ4v) is 2.74. The first kappa shape index (κ1) is 16.8. The Bertz CT molecular complexity index is 329. The van der Waals surface area contributed by atoms with E-state index in [0.29, 0.717) is 13.0 Å². The summed E-state index contributed by atoms with van der Waals surface area (Å²) in [6.07, 6.45) is 5.41. The lowest BCUT2D eigenvalue weighted by molar-refractivity contribution is -0.144. The molecule has 1 aliphatic rings. The third kappa shape index (κ3) is 6.26. The largest absolute Gasteiger partial charge is 0.481 e. The molecule has 1 aliphatic carbocycles. The second-order valence-electron chi connectivity index (χ2n) is 6.56. The zero-order valence-electron chi connectivity index (χ0n) is 12.8. The molecule has 1 atom stereocenters. The van der Waals surface area contributed by atoms with Crippen molar-refractivity contribution < 1.29 is 19.4 Å². The number of amides is 1. The molecule has 0 aromatic carbocycles. The highest BCUT2D eigenvalue weighted by Gasteiger charge is 2.29. The van der Waals surface area contributed by atoms with E-state index in [-0.39, 0.29) is 11.8 Å². The lowest BCUT2D eigenvalue weighted by Gasteiger charge is -2.27. The summed E-state index contributed by atoms with van der Waals surface area (Å²) in [5.74, 6) is -0.852. The first-order chi connectivity index (χ1) is 9.29. The Morgan fingerprint density at radius 1 is 1.25 bits per heavy atom. The van der Waals surface area contributed by atoms with E-state index in [4.69, 9.17) is 4.74 Å². The summed E-state index contributed by atoms with van der Waals surface area (Å²) in [6, 6.07) is 0. The van der Waals surface area contributed by atoms with E-state index in [1.807, 2.05) is 0 Å². The molecular weight excluding hydrogens is 258 g/mol. The van der Waals surface area contributed by atoms with Crippen molar-refractivity contribution in [2.45, 2.75) is 64.9 Å². The minimum absolute atomic E-state index is 0.252. The molecule has 0 heterocycles. The van der Waals surface area contributed by atoms with Crippen LogP contribution in [-0.4, -0.2) is 29.3 Å². The molecule has 1 fully saturated rings. The predicted molar refractivity (Wildman–Crippen MR) is 76.6 cm³/mol. The number of carbonyl (C=O) groups is 2. The average molecular weight is 285 g/mol. The van der Waals surface area contributed by atoms with E-state index in [1.165, 1.54) is 6.42 Å². The van der Waals surface area contributed by atoms with Crippen LogP contribution in [0.4, 0.5) is 4.79 Å². The SMILES string of the molecule is CC(C)(C)OC(=O)NCCC(C(=O)O)C1CCCCC1. The molecule has 0 saturated heterocycles. The van der Waals surface area contributed by atoms with Gasteiger partial charge >= 0.3 is 12.1 Å². The van der Waals surface area contributed by atoms with Crippen LogP contribution in [0.25, 0.3) is 0 Å². The summed E-state index contributed by atoms with van der Waals surface area (Å²) in [6.45, 7) is 5.75. The quantitative estimate of drug-likeness (QED) is 0.813. The highest BCUT2D eigenvalue weighted by molar-refractivity contribution is 5.71. The number of carbonyl (C=O) groups excluding carboxylic acids is 1. The summed E-state index contributed by atoms with van der Waals surface area (Å²) >= 11 is 0. The van der Waals surface area contributed by atoms with E-state index >= 15 is 0 Å². The molecule has 1 rings (SSSR count). The van der Waals surface area contributed by atoms with Crippen molar-refractivity contribution in [3.63, 3.8) is 0 Å². The number of ether oxygens (including phenoxy) is 1. The summed E-state index contributed by atoms with van der Waals surface area (Å²) in [4.78, 5) is 22.9. The highest BCUT2D eigenvalue weighted by atomic mass is 16.6. The fraction of sp³-hybridized carbons (Fsp3) is 0.867. The van der Waals surface area contributed by atoms with Gasteiger partial charge in [0.05, 0.1) is 5.92 Å². The highest BCUT2D eigenvalue weighted by Crippen LogP contribution is 2.31. The molecule has 5 heteroatoms. The second-order valence-corrected chi connectivity index (χ2v) is 6.56. The third-order valence-electron chi connectivity index (χ3n) is 3.66. The Hall–Kier alpha value is -1.26. The van der Waals surface area contributed by atoms with Crippen molar-refractivity contribution in [2.75, 3.05) is 6.54 Å². The first-order valence-corrected chi connectivity index (χ1v) is 7.49. The van der Waals surface area contributed by atoms with E-state index in [2.05, 4.69) is 5.32 Å². The van der Waals surface area contributed by atoms with Gasteiger partial charge in [-0.25, -0.2) is 4.79 Å². The smallest absolute Gasteiger partial charge is 0.407 e. The fourth-order valence-electron chi connectivity index (χ4n) is 2.74. The Kier molecular flexibility index (Phi) is 6.30. The molecule has 0 aromatic rings. The molecule has 0 spiro atoms. The zero-order valence-corrected chi connectivity index (χ0v) is 12.8. The summed E-state index contributed by atoms with van der Waals surface area (Å²) in [7, 11) is 0. The normalized spacial score (nSPS) is 18.4. The Morgan fingerprint density at radius 3 is 2.35 bits per heavy atom. The number of carboxylic acid groups (broad SMARTS) is 1. The monoisotopic (exact) mass is 285 g/mol. The maximum Gasteiger partial charge on any atom is 0.407 e. The van der Waals surface area contributed by atoms with Crippen LogP contribution < -0.4 is 5.32 Å². The number of alkyl carbamates (subject to hydrolysis) is 1. The topological polar surface area (TPSA) is 75.6 Å². The van der Waals surface area contributed by atoms with Gasteiger partial charge in [-0.1, -0.05) is 19.3 Å². The molecule has 0 bridgehead atoms. The van der Waals surface area contributed by atoms with Gasteiger partial charge in [-0.3, -0.25) is 4.79 Å². The number of carboxylic acids is 1. The van der Waals surface area contributed by atoms with Crippen LogP contribution in [-0.2, 0) is 9.53 Å². The van der Waals surface area contributed by atoms with Gasteiger partial charge in [0.1, 0.15) is 5.60 Å². The maximum absolute atomic E-state index is 11.5. The van der Waals surface area contributed by atoms with Crippen LogP contribution >= 0.6 is 0 Å². The van der Waals surface area contributed by atoms with E-state index in [9.17, 15) is 14.7 Å². The van der Waals surface area contributed by atoms with Gasteiger partial charge in [-0.2, -0.15) is 0 Å². The van der Waals surface area contributed by atoms with Gasteiger partial charge in [-0.05, 0) is 46.0 Å². The van der Waals surface area contributed by atoms with Crippen LogP contribution in [0.3, 0.4) is 0 Å². The number of hydrogen-bond donors (Lipinski definition) is 2. The van der Waals surface area contributed by atoms with Crippen LogP contribution in [0, 0.1) is 11.8 Å². The van der Waals surface area contributed by atoms with Crippen molar-refractivity contribution in [2.24, 2.45) is 11.8 Å². The summed E-state index contributed by atoms with van der Waals surface area (Å²) in [5, 5.41) is 12.0. The van der Waals surface area contributed by atoms with Crippen LogP contribution in [0.5, 0.6) is 0 Å². The molecule has 0 aliphatic heterocycles. The number of aliphatic carboxylic acids is 1. The van der Waals surface area contributed by atoms with Crippen LogP contribution in [0.2, 0.25) is 0 Å².